The van der Waals surface area contributed by atoms with Gasteiger partial charge in [-0.15, -0.1) is 0 Å². The van der Waals surface area contributed by atoms with Gasteiger partial charge in [0, 0.05) is 23.4 Å². The maximum atomic E-state index is 12.8. The van der Waals surface area contributed by atoms with E-state index in [4.69, 9.17) is 9.47 Å². The molecule has 0 saturated carbocycles. The molecule has 0 aromatic heterocycles. The molecule has 1 N–H and O–H groups in total. The Labute approximate surface area is 167 Å². The molecule has 29 heavy (non-hydrogen) atoms. The highest BCUT2D eigenvalue weighted by atomic mass is 16.6. The molecule has 0 aliphatic carbocycles. The minimum absolute atomic E-state index is 0.00825. The summed E-state index contributed by atoms with van der Waals surface area (Å²) in [6.07, 6.45) is -0.0626. The monoisotopic (exact) mass is 402 g/mol. The Kier molecular flexibility index (Phi) is 7.64. The lowest BCUT2D eigenvalue weighted by molar-refractivity contribution is -0.383. The summed E-state index contributed by atoms with van der Waals surface area (Å²) in [6.45, 7) is 3.63. The number of nitro groups is 1. The fourth-order valence-electron chi connectivity index (χ4n) is 2.86. The number of carbonyl (C=O) groups excluding carboxylic acids is 3. The SMILES string of the molecule is CCOC(=O)CC[C@H](NC(=O)c1ccc([N+](=O)[O-])c2ccccc12)C(=O)OCC. The van der Waals surface area contributed by atoms with Crippen molar-refractivity contribution in [3.8, 4) is 0 Å². The lowest BCUT2D eigenvalue weighted by Crippen LogP contribution is -2.42. The van der Waals surface area contributed by atoms with E-state index in [0.29, 0.717) is 10.8 Å². The van der Waals surface area contributed by atoms with Crippen LogP contribution in [-0.2, 0) is 19.1 Å². The molecule has 0 spiro atoms. The van der Waals surface area contributed by atoms with Crippen molar-refractivity contribution < 1.29 is 28.8 Å². The lowest BCUT2D eigenvalue weighted by Gasteiger charge is -2.17. The Bertz CT molecular complexity index is 926. The quantitative estimate of drug-likeness (QED) is 0.388. The van der Waals surface area contributed by atoms with Crippen LogP contribution in [0.5, 0.6) is 0 Å². The predicted molar refractivity (Wildman–Crippen MR) is 104 cm³/mol. The number of hydrogen-bond acceptors (Lipinski definition) is 7. The van der Waals surface area contributed by atoms with Crippen LogP contribution in [0, 0.1) is 10.1 Å². The van der Waals surface area contributed by atoms with Crippen LogP contribution in [-0.4, -0.2) is 42.0 Å². The standard InChI is InChI=1S/C20H22N2O7/c1-3-28-18(23)12-10-16(20(25)29-4-2)21-19(24)15-9-11-17(22(26)27)14-8-6-5-7-13(14)15/h5-9,11,16H,3-4,10,12H2,1-2H3,(H,21,24)/t16-/m0/s1. The molecule has 2 rings (SSSR count). The first kappa shape index (κ1) is 21.8. The number of rotatable bonds is 9. The zero-order chi connectivity index (χ0) is 21.4. The summed E-state index contributed by atoms with van der Waals surface area (Å²) >= 11 is 0. The van der Waals surface area contributed by atoms with Gasteiger partial charge in [-0.1, -0.05) is 18.2 Å². The van der Waals surface area contributed by atoms with Gasteiger partial charge in [0.25, 0.3) is 11.6 Å². The molecule has 9 heteroatoms. The first-order valence-corrected chi connectivity index (χ1v) is 9.18. The number of nitrogens with one attached hydrogen (secondary N) is 1. The Morgan fingerprint density at radius 2 is 1.69 bits per heavy atom. The number of benzene rings is 2. The minimum atomic E-state index is -1.05. The Balaban J connectivity index is 2.28. The number of carbonyl (C=O) groups is 3. The third-order valence-electron chi connectivity index (χ3n) is 4.16. The summed E-state index contributed by atoms with van der Waals surface area (Å²) in [6, 6.07) is 7.96. The molecule has 0 unspecified atom stereocenters. The molecule has 2 aromatic carbocycles. The average molecular weight is 402 g/mol. The van der Waals surface area contributed by atoms with Crippen LogP contribution >= 0.6 is 0 Å². The fraction of sp³-hybridized carbons (Fsp3) is 0.350. The van der Waals surface area contributed by atoms with Crippen LogP contribution in [0.3, 0.4) is 0 Å². The molecule has 154 valence electrons. The highest BCUT2D eigenvalue weighted by molar-refractivity contribution is 6.10. The summed E-state index contributed by atoms with van der Waals surface area (Å²) in [4.78, 5) is 47.4. The maximum absolute atomic E-state index is 12.8. The van der Waals surface area contributed by atoms with E-state index < -0.39 is 28.8 Å². The molecule has 9 nitrogen and oxygen atoms in total. The summed E-state index contributed by atoms with van der Waals surface area (Å²) < 4.78 is 9.82. The van der Waals surface area contributed by atoms with Gasteiger partial charge in [-0.3, -0.25) is 19.7 Å². The first-order valence-electron chi connectivity index (χ1n) is 9.18. The van der Waals surface area contributed by atoms with Crippen molar-refractivity contribution >= 4 is 34.3 Å². The highest BCUT2D eigenvalue weighted by Gasteiger charge is 2.25. The zero-order valence-electron chi connectivity index (χ0n) is 16.2. The number of amides is 1. The number of ether oxygens (including phenoxy) is 2. The van der Waals surface area contributed by atoms with Crippen LogP contribution in [0.25, 0.3) is 10.8 Å². The molecule has 0 aliphatic rings. The number of nitrogens with zero attached hydrogens (tertiary/aromatic N) is 1. The van der Waals surface area contributed by atoms with E-state index >= 15 is 0 Å². The average Bonchev–Trinajstić information content (AvgIpc) is 2.70. The van der Waals surface area contributed by atoms with Gasteiger partial charge >= 0.3 is 11.9 Å². The molecule has 0 saturated heterocycles. The highest BCUT2D eigenvalue weighted by Crippen LogP contribution is 2.28. The van der Waals surface area contributed by atoms with Gasteiger partial charge in [0.05, 0.1) is 23.5 Å². The van der Waals surface area contributed by atoms with Crippen molar-refractivity contribution in [2.75, 3.05) is 13.2 Å². The van der Waals surface area contributed by atoms with Crippen molar-refractivity contribution in [2.24, 2.45) is 0 Å². The summed E-state index contributed by atoms with van der Waals surface area (Å²) in [5.41, 5.74) is 0.0537. The number of nitro benzene ring substituents is 1. The van der Waals surface area contributed by atoms with Gasteiger partial charge in [0.1, 0.15) is 6.04 Å². The van der Waals surface area contributed by atoms with Crippen LogP contribution < -0.4 is 5.32 Å². The van der Waals surface area contributed by atoms with Crippen LogP contribution in [0.1, 0.15) is 37.0 Å². The van der Waals surface area contributed by atoms with E-state index in [9.17, 15) is 24.5 Å². The van der Waals surface area contributed by atoms with E-state index in [2.05, 4.69) is 5.32 Å². The zero-order valence-corrected chi connectivity index (χ0v) is 16.2. The summed E-state index contributed by atoms with van der Waals surface area (Å²) in [7, 11) is 0. The third kappa shape index (κ3) is 5.50. The van der Waals surface area contributed by atoms with E-state index in [1.165, 1.54) is 12.1 Å². The topological polar surface area (TPSA) is 125 Å². The fourth-order valence-corrected chi connectivity index (χ4v) is 2.86. The summed E-state index contributed by atoms with van der Waals surface area (Å²) in [5.74, 6) is -1.76. The number of fused-ring (bicyclic) bond motifs is 1. The molecule has 1 atom stereocenters. The normalized spacial score (nSPS) is 11.5. The van der Waals surface area contributed by atoms with Crippen molar-refractivity contribution in [1.29, 1.82) is 0 Å². The number of non-ortho nitro benzene ring substituents is 1. The van der Waals surface area contributed by atoms with Gasteiger partial charge in [0.2, 0.25) is 0 Å². The number of hydrogen-bond donors (Lipinski definition) is 1. The van der Waals surface area contributed by atoms with E-state index in [-0.39, 0.29) is 37.3 Å². The lowest BCUT2D eigenvalue weighted by atomic mass is 10.0. The van der Waals surface area contributed by atoms with E-state index in [1.807, 2.05) is 0 Å². The Hall–Kier alpha value is -3.49. The van der Waals surface area contributed by atoms with Gasteiger partial charge in [-0.2, -0.15) is 0 Å². The molecule has 0 aliphatic heterocycles. The van der Waals surface area contributed by atoms with Crippen LogP contribution in [0.15, 0.2) is 36.4 Å². The Morgan fingerprint density at radius 1 is 1.03 bits per heavy atom. The molecule has 2 aromatic rings. The van der Waals surface area contributed by atoms with Gasteiger partial charge < -0.3 is 14.8 Å². The molecule has 0 fully saturated rings. The van der Waals surface area contributed by atoms with Crippen molar-refractivity contribution in [1.82, 2.24) is 5.32 Å². The van der Waals surface area contributed by atoms with Crippen molar-refractivity contribution in [2.45, 2.75) is 32.7 Å². The second-order valence-corrected chi connectivity index (χ2v) is 6.06. The Morgan fingerprint density at radius 3 is 2.31 bits per heavy atom. The van der Waals surface area contributed by atoms with Crippen molar-refractivity contribution in [3.63, 3.8) is 0 Å². The minimum Gasteiger partial charge on any atom is -0.466 e. The molecule has 1 amide bonds. The molecular weight excluding hydrogens is 380 g/mol. The first-order chi connectivity index (χ1) is 13.9. The third-order valence-corrected chi connectivity index (χ3v) is 4.16. The largest absolute Gasteiger partial charge is 0.466 e. The molecular formula is C20H22N2O7. The van der Waals surface area contributed by atoms with Crippen LogP contribution in [0.2, 0.25) is 0 Å². The van der Waals surface area contributed by atoms with Crippen molar-refractivity contribution in [3.05, 3.63) is 52.1 Å². The predicted octanol–water partition coefficient (Wildman–Crippen LogP) is 2.75. The molecule has 0 radical (unpaired) electrons. The van der Waals surface area contributed by atoms with Gasteiger partial charge in [0.15, 0.2) is 0 Å². The van der Waals surface area contributed by atoms with E-state index in [1.54, 1.807) is 38.1 Å². The van der Waals surface area contributed by atoms with E-state index in [0.717, 1.165) is 0 Å². The second kappa shape index (κ2) is 10.2. The van der Waals surface area contributed by atoms with Gasteiger partial charge in [-0.05, 0) is 32.4 Å². The molecule has 0 heterocycles. The van der Waals surface area contributed by atoms with Crippen LogP contribution in [0.4, 0.5) is 5.69 Å². The second-order valence-electron chi connectivity index (χ2n) is 6.06. The number of esters is 2. The summed E-state index contributed by atoms with van der Waals surface area (Å²) in [5, 5.41) is 14.5. The van der Waals surface area contributed by atoms with Gasteiger partial charge in [-0.25, -0.2) is 4.79 Å². The smallest absolute Gasteiger partial charge is 0.328 e. The molecule has 0 bridgehead atoms. The maximum Gasteiger partial charge on any atom is 0.328 e.